The summed E-state index contributed by atoms with van der Waals surface area (Å²) in [5.74, 6) is 1.06. The summed E-state index contributed by atoms with van der Waals surface area (Å²) >= 11 is 1.60. The molecule has 0 aliphatic heterocycles. The molecule has 0 atom stereocenters. The lowest BCUT2D eigenvalue weighted by atomic mass is 9.85. The summed E-state index contributed by atoms with van der Waals surface area (Å²) in [6, 6.07) is 4.26. The molecule has 2 saturated carbocycles. The highest BCUT2D eigenvalue weighted by molar-refractivity contribution is 7.13. The predicted octanol–water partition coefficient (Wildman–Crippen LogP) is 2.02. The second kappa shape index (κ2) is 5.96. The molecule has 7 heteroatoms. The number of nitrogens with zero attached hydrogens (tertiary/aromatic N) is 3. The van der Waals surface area contributed by atoms with Crippen molar-refractivity contribution in [2.45, 2.75) is 44.7 Å². The molecule has 0 aromatic carbocycles. The molecule has 2 aromatic heterocycles. The second-order valence-corrected chi connectivity index (χ2v) is 7.27. The van der Waals surface area contributed by atoms with E-state index < -0.39 is 0 Å². The van der Waals surface area contributed by atoms with Crippen molar-refractivity contribution in [1.29, 1.82) is 0 Å². The van der Waals surface area contributed by atoms with Gasteiger partial charge < -0.3 is 5.32 Å². The number of hydrogen-bond acceptors (Lipinski definition) is 4. The molecule has 0 spiro atoms. The van der Waals surface area contributed by atoms with Gasteiger partial charge in [-0.2, -0.15) is 0 Å². The standard InChI is InChI=1S/C16H20N4O2S/c21-15(11-3-1-4-11)17-8-9-19-16(22)20(12-6-7-12)14(18-19)13-5-2-10-23-13/h2,5,10-12H,1,3-4,6-9H2,(H,17,21). The molecule has 122 valence electrons. The Bertz CT molecular complexity index is 754. The van der Waals surface area contributed by atoms with Crippen molar-refractivity contribution in [2.24, 2.45) is 5.92 Å². The van der Waals surface area contributed by atoms with Crippen LogP contribution in [0.1, 0.15) is 38.1 Å². The van der Waals surface area contributed by atoms with Crippen LogP contribution in [0.3, 0.4) is 0 Å². The average molecular weight is 332 g/mol. The third-order valence-electron chi connectivity index (χ3n) is 4.62. The highest BCUT2D eigenvalue weighted by Crippen LogP contribution is 2.37. The van der Waals surface area contributed by atoms with E-state index in [-0.39, 0.29) is 23.6 Å². The molecule has 1 N–H and O–H groups in total. The molecule has 6 nitrogen and oxygen atoms in total. The van der Waals surface area contributed by atoms with E-state index in [4.69, 9.17) is 0 Å². The van der Waals surface area contributed by atoms with Crippen molar-refractivity contribution in [1.82, 2.24) is 19.7 Å². The molecule has 23 heavy (non-hydrogen) atoms. The van der Waals surface area contributed by atoms with Gasteiger partial charge in [0.15, 0.2) is 5.82 Å². The van der Waals surface area contributed by atoms with Crippen LogP contribution in [0.25, 0.3) is 10.7 Å². The summed E-state index contributed by atoms with van der Waals surface area (Å²) in [4.78, 5) is 25.5. The fraction of sp³-hybridized carbons (Fsp3) is 0.562. The molecule has 0 radical (unpaired) electrons. The molecule has 2 aromatic rings. The zero-order valence-electron chi connectivity index (χ0n) is 12.9. The van der Waals surface area contributed by atoms with Crippen molar-refractivity contribution in [3.05, 3.63) is 28.0 Å². The van der Waals surface area contributed by atoms with Gasteiger partial charge >= 0.3 is 5.69 Å². The van der Waals surface area contributed by atoms with Gasteiger partial charge in [-0.25, -0.2) is 9.48 Å². The monoisotopic (exact) mass is 332 g/mol. The average Bonchev–Trinajstić information content (AvgIpc) is 3.05. The summed E-state index contributed by atoms with van der Waals surface area (Å²) in [6.45, 7) is 0.885. The maximum absolute atomic E-state index is 12.6. The van der Waals surface area contributed by atoms with Crippen LogP contribution in [0, 0.1) is 5.92 Å². The Hall–Kier alpha value is -1.89. The van der Waals surface area contributed by atoms with E-state index >= 15 is 0 Å². The predicted molar refractivity (Wildman–Crippen MR) is 88.4 cm³/mol. The van der Waals surface area contributed by atoms with Gasteiger partial charge in [-0.15, -0.1) is 16.4 Å². The summed E-state index contributed by atoms with van der Waals surface area (Å²) < 4.78 is 3.31. The maximum atomic E-state index is 12.6. The number of carbonyl (C=O) groups excluding carboxylic acids is 1. The summed E-state index contributed by atoms with van der Waals surface area (Å²) in [6.07, 6.45) is 5.22. The van der Waals surface area contributed by atoms with Crippen LogP contribution in [0.5, 0.6) is 0 Å². The fourth-order valence-corrected chi connectivity index (χ4v) is 3.61. The van der Waals surface area contributed by atoms with Crippen LogP contribution in [0.4, 0.5) is 0 Å². The minimum atomic E-state index is -0.0613. The van der Waals surface area contributed by atoms with Gasteiger partial charge in [0.25, 0.3) is 0 Å². The van der Waals surface area contributed by atoms with Crippen LogP contribution >= 0.6 is 11.3 Å². The largest absolute Gasteiger partial charge is 0.354 e. The molecule has 2 aliphatic rings. The lowest BCUT2D eigenvalue weighted by Gasteiger charge is -2.23. The molecule has 0 bridgehead atoms. The van der Waals surface area contributed by atoms with Crippen LogP contribution in [-0.2, 0) is 11.3 Å². The molecule has 0 saturated heterocycles. The summed E-state index contributed by atoms with van der Waals surface area (Å²) in [5, 5.41) is 9.43. The summed E-state index contributed by atoms with van der Waals surface area (Å²) in [5.41, 5.74) is -0.0613. The Kier molecular flexibility index (Phi) is 3.80. The molecule has 0 unspecified atom stereocenters. The first-order chi connectivity index (χ1) is 11.2. The Morgan fingerprint density at radius 3 is 2.78 bits per heavy atom. The lowest BCUT2D eigenvalue weighted by Crippen LogP contribution is -2.37. The van der Waals surface area contributed by atoms with Crippen molar-refractivity contribution in [3.8, 4) is 10.7 Å². The molecular weight excluding hydrogens is 312 g/mol. The number of amides is 1. The van der Waals surface area contributed by atoms with Gasteiger partial charge in [0.05, 0.1) is 11.4 Å². The first kappa shape index (κ1) is 14.7. The number of nitrogens with one attached hydrogen (secondary N) is 1. The van der Waals surface area contributed by atoms with Gasteiger partial charge in [-0.1, -0.05) is 12.5 Å². The Morgan fingerprint density at radius 1 is 1.35 bits per heavy atom. The molecule has 1 amide bonds. The number of carbonyl (C=O) groups is 1. The zero-order valence-corrected chi connectivity index (χ0v) is 13.7. The normalized spacial score (nSPS) is 17.9. The van der Waals surface area contributed by atoms with E-state index in [1.165, 1.54) is 4.68 Å². The van der Waals surface area contributed by atoms with Crippen molar-refractivity contribution < 1.29 is 4.79 Å². The van der Waals surface area contributed by atoms with E-state index in [0.717, 1.165) is 42.8 Å². The number of aromatic nitrogens is 3. The van der Waals surface area contributed by atoms with Crippen LogP contribution in [0.15, 0.2) is 22.3 Å². The number of hydrogen-bond donors (Lipinski definition) is 1. The van der Waals surface area contributed by atoms with Gasteiger partial charge in [0.1, 0.15) is 0 Å². The van der Waals surface area contributed by atoms with E-state index in [0.29, 0.717) is 13.1 Å². The summed E-state index contributed by atoms with van der Waals surface area (Å²) in [7, 11) is 0. The van der Waals surface area contributed by atoms with Crippen molar-refractivity contribution in [3.63, 3.8) is 0 Å². The fourth-order valence-electron chi connectivity index (χ4n) is 2.90. The van der Waals surface area contributed by atoms with Gasteiger partial charge in [0, 0.05) is 18.5 Å². The minimum Gasteiger partial charge on any atom is -0.354 e. The molecule has 4 rings (SSSR count). The van der Waals surface area contributed by atoms with E-state index in [1.807, 2.05) is 22.1 Å². The second-order valence-electron chi connectivity index (χ2n) is 6.33. The minimum absolute atomic E-state index is 0.0613. The van der Waals surface area contributed by atoms with E-state index in [9.17, 15) is 9.59 Å². The molecule has 2 fully saturated rings. The van der Waals surface area contributed by atoms with Crippen molar-refractivity contribution in [2.75, 3.05) is 6.54 Å². The highest BCUT2D eigenvalue weighted by atomic mass is 32.1. The lowest BCUT2D eigenvalue weighted by molar-refractivity contribution is -0.127. The van der Waals surface area contributed by atoms with Crippen molar-refractivity contribution >= 4 is 17.2 Å². The van der Waals surface area contributed by atoms with Gasteiger partial charge in [0.2, 0.25) is 5.91 Å². The quantitative estimate of drug-likeness (QED) is 0.880. The van der Waals surface area contributed by atoms with E-state index in [2.05, 4.69) is 10.4 Å². The topological polar surface area (TPSA) is 68.9 Å². The smallest absolute Gasteiger partial charge is 0.346 e. The molecule has 2 aliphatic carbocycles. The Balaban J connectivity index is 1.49. The van der Waals surface area contributed by atoms with Crippen LogP contribution in [0.2, 0.25) is 0 Å². The third kappa shape index (κ3) is 2.85. The number of rotatable bonds is 6. The van der Waals surface area contributed by atoms with E-state index in [1.54, 1.807) is 11.3 Å². The Labute approximate surface area is 138 Å². The highest BCUT2D eigenvalue weighted by Gasteiger charge is 2.30. The maximum Gasteiger partial charge on any atom is 0.346 e. The van der Waals surface area contributed by atoms with Gasteiger partial charge in [-0.3, -0.25) is 9.36 Å². The first-order valence-corrected chi connectivity index (χ1v) is 9.13. The van der Waals surface area contributed by atoms with Gasteiger partial charge in [-0.05, 0) is 37.1 Å². The zero-order chi connectivity index (χ0) is 15.8. The molecule has 2 heterocycles. The van der Waals surface area contributed by atoms with Crippen LogP contribution in [-0.4, -0.2) is 26.8 Å². The first-order valence-electron chi connectivity index (χ1n) is 8.25. The Morgan fingerprint density at radius 2 is 2.17 bits per heavy atom. The third-order valence-corrected chi connectivity index (χ3v) is 5.49. The SMILES string of the molecule is O=C(NCCn1nc(-c2cccs2)n(C2CC2)c1=O)C1CCC1. The molecular formula is C16H20N4O2S. The van der Waals surface area contributed by atoms with Crippen LogP contribution < -0.4 is 11.0 Å². The number of thiophene rings is 1.